The van der Waals surface area contributed by atoms with Crippen molar-refractivity contribution in [3.05, 3.63) is 41.1 Å². The lowest BCUT2D eigenvalue weighted by Gasteiger charge is -2.05. The van der Waals surface area contributed by atoms with Crippen molar-refractivity contribution in [2.24, 2.45) is 5.73 Å². The maximum Gasteiger partial charge on any atom is 0.191 e. The standard InChI is InChI=1S/C13H15ClN6S/c1-9-17-18-13(20(9)5-4-15)21-8-11-7-19-6-10(14)2-3-12(19)16-11/h2-3,6-7H,4-5,8,15H2,1H3. The fourth-order valence-electron chi connectivity index (χ4n) is 2.08. The smallest absolute Gasteiger partial charge is 0.191 e. The van der Waals surface area contributed by atoms with E-state index in [-0.39, 0.29) is 0 Å². The molecule has 3 rings (SSSR count). The molecule has 8 heteroatoms. The van der Waals surface area contributed by atoms with E-state index in [2.05, 4.69) is 15.2 Å². The van der Waals surface area contributed by atoms with Crippen molar-refractivity contribution in [2.45, 2.75) is 24.4 Å². The van der Waals surface area contributed by atoms with Crippen LogP contribution < -0.4 is 5.73 Å². The number of thioether (sulfide) groups is 1. The van der Waals surface area contributed by atoms with Crippen LogP contribution in [0.1, 0.15) is 11.5 Å². The van der Waals surface area contributed by atoms with Gasteiger partial charge >= 0.3 is 0 Å². The molecule has 3 aromatic heterocycles. The van der Waals surface area contributed by atoms with Crippen molar-refractivity contribution in [3.8, 4) is 0 Å². The first-order valence-corrected chi connectivity index (χ1v) is 7.89. The lowest BCUT2D eigenvalue weighted by atomic mass is 10.5. The maximum atomic E-state index is 5.97. The first-order chi connectivity index (χ1) is 10.2. The number of fused-ring (bicyclic) bond motifs is 1. The summed E-state index contributed by atoms with van der Waals surface area (Å²) in [4.78, 5) is 4.55. The molecule has 0 aliphatic carbocycles. The molecule has 0 fully saturated rings. The maximum absolute atomic E-state index is 5.97. The third-order valence-electron chi connectivity index (χ3n) is 3.07. The number of aromatic nitrogens is 5. The first kappa shape index (κ1) is 14.4. The molecule has 21 heavy (non-hydrogen) atoms. The van der Waals surface area contributed by atoms with E-state index >= 15 is 0 Å². The van der Waals surface area contributed by atoms with Crippen LogP contribution in [0.3, 0.4) is 0 Å². The Labute approximate surface area is 131 Å². The number of hydrogen-bond acceptors (Lipinski definition) is 5. The summed E-state index contributed by atoms with van der Waals surface area (Å²) in [6.45, 7) is 3.22. The van der Waals surface area contributed by atoms with Gasteiger partial charge in [0.2, 0.25) is 0 Å². The SMILES string of the molecule is Cc1nnc(SCc2cn3cc(Cl)ccc3n2)n1CCN. The lowest BCUT2D eigenvalue weighted by Crippen LogP contribution is -2.12. The fourth-order valence-corrected chi connectivity index (χ4v) is 3.14. The summed E-state index contributed by atoms with van der Waals surface area (Å²) in [7, 11) is 0. The van der Waals surface area contributed by atoms with Crippen LogP contribution in [0.25, 0.3) is 5.65 Å². The summed E-state index contributed by atoms with van der Waals surface area (Å²) in [6, 6.07) is 3.74. The van der Waals surface area contributed by atoms with Crippen molar-refractivity contribution < 1.29 is 0 Å². The minimum Gasteiger partial charge on any atom is -0.329 e. The fraction of sp³-hybridized carbons (Fsp3) is 0.308. The Bertz CT molecular complexity index is 765. The van der Waals surface area contributed by atoms with E-state index in [1.807, 2.05) is 40.4 Å². The Morgan fingerprint density at radius 3 is 2.95 bits per heavy atom. The second kappa shape index (κ2) is 6.05. The van der Waals surface area contributed by atoms with Crippen LogP contribution in [-0.2, 0) is 12.3 Å². The third kappa shape index (κ3) is 3.04. The summed E-state index contributed by atoms with van der Waals surface area (Å²) in [6.07, 6.45) is 3.82. The molecule has 0 bridgehead atoms. The molecular formula is C13H15ClN6S. The quantitative estimate of drug-likeness (QED) is 0.728. The van der Waals surface area contributed by atoms with Gasteiger partial charge in [0, 0.05) is 31.2 Å². The predicted molar refractivity (Wildman–Crippen MR) is 83.6 cm³/mol. The lowest BCUT2D eigenvalue weighted by molar-refractivity contribution is 0.627. The van der Waals surface area contributed by atoms with Crippen LogP contribution >= 0.6 is 23.4 Å². The van der Waals surface area contributed by atoms with E-state index in [1.165, 1.54) is 0 Å². The minimum absolute atomic E-state index is 0.569. The van der Waals surface area contributed by atoms with Crippen molar-refractivity contribution in [3.63, 3.8) is 0 Å². The average Bonchev–Trinajstić information content (AvgIpc) is 3.01. The van der Waals surface area contributed by atoms with Crippen molar-refractivity contribution in [2.75, 3.05) is 6.54 Å². The molecule has 0 spiro atoms. The van der Waals surface area contributed by atoms with E-state index in [0.29, 0.717) is 11.6 Å². The van der Waals surface area contributed by atoms with Gasteiger partial charge in [0.05, 0.1) is 10.7 Å². The average molecular weight is 323 g/mol. The summed E-state index contributed by atoms with van der Waals surface area (Å²) in [5.41, 5.74) is 7.47. The second-order valence-electron chi connectivity index (χ2n) is 4.60. The van der Waals surface area contributed by atoms with Gasteiger partial charge in [-0.05, 0) is 19.1 Å². The van der Waals surface area contributed by atoms with E-state index in [0.717, 1.165) is 34.6 Å². The van der Waals surface area contributed by atoms with Crippen LogP contribution in [0.4, 0.5) is 0 Å². The van der Waals surface area contributed by atoms with Gasteiger partial charge < -0.3 is 14.7 Å². The first-order valence-electron chi connectivity index (χ1n) is 6.53. The zero-order valence-electron chi connectivity index (χ0n) is 11.5. The molecule has 0 radical (unpaired) electrons. The highest BCUT2D eigenvalue weighted by Gasteiger charge is 2.10. The number of aryl methyl sites for hydroxylation is 1. The normalized spacial score (nSPS) is 11.4. The summed E-state index contributed by atoms with van der Waals surface area (Å²) in [5, 5.41) is 9.84. The Hall–Kier alpha value is -1.57. The Kier molecular flexibility index (Phi) is 4.14. The molecule has 0 unspecified atom stereocenters. The highest BCUT2D eigenvalue weighted by molar-refractivity contribution is 7.98. The molecule has 0 amide bonds. The molecule has 0 aliphatic rings. The van der Waals surface area contributed by atoms with Crippen LogP contribution in [0.2, 0.25) is 5.02 Å². The molecule has 6 nitrogen and oxygen atoms in total. The van der Waals surface area contributed by atoms with Gasteiger partial charge in [0.1, 0.15) is 11.5 Å². The van der Waals surface area contributed by atoms with Gasteiger partial charge in [-0.15, -0.1) is 10.2 Å². The van der Waals surface area contributed by atoms with Gasteiger partial charge in [-0.25, -0.2) is 4.98 Å². The topological polar surface area (TPSA) is 74.0 Å². The van der Waals surface area contributed by atoms with Gasteiger partial charge in [-0.2, -0.15) is 0 Å². The summed E-state index contributed by atoms with van der Waals surface area (Å²) >= 11 is 7.58. The van der Waals surface area contributed by atoms with Crippen molar-refractivity contribution in [1.82, 2.24) is 24.1 Å². The Morgan fingerprint density at radius 2 is 2.14 bits per heavy atom. The van der Waals surface area contributed by atoms with Gasteiger partial charge in [-0.3, -0.25) is 0 Å². The van der Waals surface area contributed by atoms with Gasteiger partial charge in [0.15, 0.2) is 5.16 Å². The molecule has 2 N–H and O–H groups in total. The van der Waals surface area contributed by atoms with E-state index in [9.17, 15) is 0 Å². The number of rotatable bonds is 5. The molecule has 0 aliphatic heterocycles. The molecular weight excluding hydrogens is 308 g/mol. The number of imidazole rings is 1. The third-order valence-corrected chi connectivity index (χ3v) is 4.29. The molecule has 0 aromatic carbocycles. The van der Waals surface area contributed by atoms with Gasteiger partial charge in [0.25, 0.3) is 0 Å². The molecule has 3 aromatic rings. The van der Waals surface area contributed by atoms with E-state index < -0.39 is 0 Å². The zero-order chi connectivity index (χ0) is 14.8. The van der Waals surface area contributed by atoms with Crippen molar-refractivity contribution in [1.29, 1.82) is 0 Å². The van der Waals surface area contributed by atoms with Crippen LogP contribution in [0.5, 0.6) is 0 Å². The van der Waals surface area contributed by atoms with Crippen LogP contribution in [0, 0.1) is 6.92 Å². The van der Waals surface area contributed by atoms with Crippen LogP contribution in [0.15, 0.2) is 29.7 Å². The Morgan fingerprint density at radius 1 is 1.29 bits per heavy atom. The molecule has 110 valence electrons. The largest absolute Gasteiger partial charge is 0.329 e. The highest BCUT2D eigenvalue weighted by atomic mass is 35.5. The molecule has 0 atom stereocenters. The number of pyridine rings is 1. The predicted octanol–water partition coefficient (Wildman–Crippen LogP) is 2.14. The summed E-state index contributed by atoms with van der Waals surface area (Å²) < 4.78 is 3.95. The van der Waals surface area contributed by atoms with Gasteiger partial charge in [-0.1, -0.05) is 23.4 Å². The Balaban J connectivity index is 1.77. The molecule has 0 saturated carbocycles. The van der Waals surface area contributed by atoms with Crippen LogP contribution in [-0.4, -0.2) is 30.7 Å². The van der Waals surface area contributed by atoms with E-state index in [4.69, 9.17) is 17.3 Å². The number of hydrogen-bond donors (Lipinski definition) is 1. The van der Waals surface area contributed by atoms with E-state index in [1.54, 1.807) is 11.8 Å². The number of nitrogens with two attached hydrogens (primary N) is 1. The molecule has 3 heterocycles. The molecule has 0 saturated heterocycles. The minimum atomic E-state index is 0.569. The zero-order valence-corrected chi connectivity index (χ0v) is 13.1. The monoisotopic (exact) mass is 322 g/mol. The second-order valence-corrected chi connectivity index (χ2v) is 5.98. The number of nitrogens with zero attached hydrogens (tertiary/aromatic N) is 5. The van der Waals surface area contributed by atoms with Crippen molar-refractivity contribution >= 4 is 29.0 Å². The number of halogens is 1. The highest BCUT2D eigenvalue weighted by Crippen LogP contribution is 2.22. The summed E-state index contributed by atoms with van der Waals surface area (Å²) in [5.74, 6) is 1.60.